The number of imidazole rings is 1. The Morgan fingerprint density at radius 2 is 1.92 bits per heavy atom. The van der Waals surface area contributed by atoms with E-state index in [2.05, 4.69) is 35.9 Å². The fourth-order valence-electron chi connectivity index (χ4n) is 3.51. The van der Waals surface area contributed by atoms with Crippen LogP contribution in [0.1, 0.15) is 24.5 Å². The number of carbonyl (C=O) groups is 1. The number of β-amino-alcohol motifs (C(OH)–C–C–N with tert-alkyl or cyclic N) is 1. The van der Waals surface area contributed by atoms with Gasteiger partial charge in [0.25, 0.3) is 0 Å². The van der Waals surface area contributed by atoms with Gasteiger partial charge in [0.2, 0.25) is 5.91 Å². The number of nitrogens with zero attached hydrogens (tertiary/aromatic N) is 4. The SMILES string of the molecule is CC(=O)N1CCCN(C[C@H](O)Cn2cnc3cc(C)c(C)cc32)CC1. The maximum Gasteiger partial charge on any atom is 0.219 e. The van der Waals surface area contributed by atoms with Crippen LogP contribution in [0.3, 0.4) is 0 Å². The van der Waals surface area contributed by atoms with Crippen LogP contribution in [0.4, 0.5) is 0 Å². The number of hydrogen-bond donors (Lipinski definition) is 1. The predicted octanol–water partition coefficient (Wildman–Crippen LogP) is 1.57. The third-order valence-corrected chi connectivity index (χ3v) is 5.15. The fraction of sp³-hybridized carbons (Fsp3) is 0.579. The van der Waals surface area contributed by atoms with E-state index in [1.54, 1.807) is 6.92 Å². The normalized spacial score (nSPS) is 17.7. The molecule has 0 aliphatic carbocycles. The molecule has 0 bridgehead atoms. The molecule has 1 aromatic carbocycles. The van der Waals surface area contributed by atoms with Crippen molar-refractivity contribution in [2.24, 2.45) is 0 Å². The Morgan fingerprint density at radius 1 is 1.16 bits per heavy atom. The molecule has 1 fully saturated rings. The lowest BCUT2D eigenvalue weighted by molar-refractivity contribution is -0.128. The third kappa shape index (κ3) is 4.19. The monoisotopic (exact) mass is 344 g/mol. The van der Waals surface area contributed by atoms with Gasteiger partial charge in [-0.1, -0.05) is 0 Å². The summed E-state index contributed by atoms with van der Waals surface area (Å²) in [6.07, 6.45) is 2.31. The molecule has 136 valence electrons. The molecule has 1 atom stereocenters. The molecule has 6 heteroatoms. The number of aromatic nitrogens is 2. The van der Waals surface area contributed by atoms with Crippen molar-refractivity contribution in [3.8, 4) is 0 Å². The molecular weight excluding hydrogens is 316 g/mol. The molecule has 1 saturated heterocycles. The summed E-state index contributed by atoms with van der Waals surface area (Å²) in [5.41, 5.74) is 4.52. The van der Waals surface area contributed by atoms with Crippen molar-refractivity contribution in [1.82, 2.24) is 19.4 Å². The van der Waals surface area contributed by atoms with Gasteiger partial charge in [-0.25, -0.2) is 4.98 Å². The predicted molar refractivity (Wildman–Crippen MR) is 98.5 cm³/mol. The van der Waals surface area contributed by atoms with Gasteiger partial charge in [-0.2, -0.15) is 0 Å². The minimum Gasteiger partial charge on any atom is -0.390 e. The van der Waals surface area contributed by atoms with Crippen molar-refractivity contribution in [3.63, 3.8) is 0 Å². The minimum atomic E-state index is -0.456. The van der Waals surface area contributed by atoms with Crippen LogP contribution in [0.15, 0.2) is 18.5 Å². The number of carbonyl (C=O) groups excluding carboxylic acids is 1. The Morgan fingerprint density at radius 3 is 2.68 bits per heavy atom. The van der Waals surface area contributed by atoms with Gasteiger partial charge in [0.15, 0.2) is 0 Å². The van der Waals surface area contributed by atoms with E-state index >= 15 is 0 Å². The van der Waals surface area contributed by atoms with Gasteiger partial charge < -0.3 is 14.6 Å². The summed E-state index contributed by atoms with van der Waals surface area (Å²) in [5, 5.41) is 10.6. The number of fused-ring (bicyclic) bond motifs is 1. The molecule has 6 nitrogen and oxygen atoms in total. The van der Waals surface area contributed by atoms with Crippen LogP contribution in [0, 0.1) is 13.8 Å². The lowest BCUT2D eigenvalue weighted by Gasteiger charge is -2.24. The highest BCUT2D eigenvalue weighted by atomic mass is 16.3. The van der Waals surface area contributed by atoms with Crippen molar-refractivity contribution in [3.05, 3.63) is 29.6 Å². The molecule has 1 aliphatic rings. The van der Waals surface area contributed by atoms with Crippen molar-refractivity contribution in [2.75, 3.05) is 32.7 Å². The smallest absolute Gasteiger partial charge is 0.219 e. The van der Waals surface area contributed by atoms with E-state index in [4.69, 9.17) is 0 Å². The Balaban J connectivity index is 1.62. The first kappa shape index (κ1) is 17.9. The molecule has 0 unspecified atom stereocenters. The van der Waals surface area contributed by atoms with Gasteiger partial charge >= 0.3 is 0 Å². The third-order valence-electron chi connectivity index (χ3n) is 5.15. The molecule has 1 aromatic heterocycles. The second-order valence-electron chi connectivity index (χ2n) is 7.14. The molecule has 3 rings (SSSR count). The first-order valence-corrected chi connectivity index (χ1v) is 9.02. The number of aliphatic hydroxyl groups is 1. The topological polar surface area (TPSA) is 61.6 Å². The second-order valence-corrected chi connectivity index (χ2v) is 7.14. The Hall–Kier alpha value is -1.92. The molecule has 1 amide bonds. The molecular formula is C19H28N4O2. The molecule has 0 saturated carbocycles. The summed E-state index contributed by atoms with van der Waals surface area (Å²) >= 11 is 0. The molecule has 1 aliphatic heterocycles. The van der Waals surface area contributed by atoms with Crippen molar-refractivity contribution in [1.29, 1.82) is 0 Å². The minimum absolute atomic E-state index is 0.137. The zero-order valence-corrected chi connectivity index (χ0v) is 15.4. The van der Waals surface area contributed by atoms with Crippen LogP contribution >= 0.6 is 0 Å². The first-order valence-electron chi connectivity index (χ1n) is 9.02. The molecule has 2 aromatic rings. The van der Waals surface area contributed by atoms with Crippen molar-refractivity contribution in [2.45, 2.75) is 39.8 Å². The maximum atomic E-state index is 11.5. The summed E-state index contributed by atoms with van der Waals surface area (Å²) in [4.78, 5) is 20.1. The average molecular weight is 344 g/mol. The molecule has 25 heavy (non-hydrogen) atoms. The summed E-state index contributed by atoms with van der Waals surface area (Å²) < 4.78 is 2.03. The highest BCUT2D eigenvalue weighted by Crippen LogP contribution is 2.19. The van der Waals surface area contributed by atoms with E-state index < -0.39 is 6.10 Å². The lowest BCUT2D eigenvalue weighted by atomic mass is 10.1. The fourth-order valence-corrected chi connectivity index (χ4v) is 3.51. The number of hydrogen-bond acceptors (Lipinski definition) is 4. The molecule has 1 N–H and O–H groups in total. The first-order chi connectivity index (χ1) is 11.9. The van der Waals surface area contributed by atoms with Crippen molar-refractivity contribution < 1.29 is 9.90 Å². The van der Waals surface area contributed by atoms with Gasteiger partial charge in [0, 0.05) is 33.1 Å². The van der Waals surface area contributed by atoms with Crippen LogP contribution < -0.4 is 0 Å². The average Bonchev–Trinajstić information content (AvgIpc) is 2.78. The number of aliphatic hydroxyl groups excluding tert-OH is 1. The van der Waals surface area contributed by atoms with Gasteiger partial charge in [0.1, 0.15) is 0 Å². The summed E-state index contributed by atoms with van der Waals surface area (Å²) in [6, 6.07) is 4.24. The Bertz CT molecular complexity index is 755. The van der Waals surface area contributed by atoms with Crippen molar-refractivity contribution >= 4 is 16.9 Å². The van der Waals surface area contributed by atoms with Crippen LogP contribution in [-0.2, 0) is 11.3 Å². The number of amides is 1. The van der Waals surface area contributed by atoms with E-state index in [1.807, 2.05) is 15.8 Å². The van der Waals surface area contributed by atoms with E-state index in [9.17, 15) is 9.90 Å². The number of rotatable bonds is 4. The summed E-state index contributed by atoms with van der Waals surface area (Å²) in [7, 11) is 0. The molecule has 0 radical (unpaired) electrons. The standard InChI is InChI=1S/C19H28N4O2/c1-14-9-18-19(10-15(14)2)23(13-20-18)12-17(25)11-21-5-4-6-22(8-7-21)16(3)24/h9-10,13,17,25H,4-8,11-12H2,1-3H3/t17-/m0/s1. The number of benzene rings is 1. The highest BCUT2D eigenvalue weighted by molar-refractivity contribution is 5.77. The van der Waals surface area contributed by atoms with Gasteiger partial charge in [-0.05, 0) is 50.1 Å². The Kier molecular flexibility index (Phi) is 5.39. The maximum absolute atomic E-state index is 11.5. The zero-order chi connectivity index (χ0) is 18.0. The van der Waals surface area contributed by atoms with E-state index in [0.717, 1.165) is 43.6 Å². The van der Waals surface area contributed by atoms with Gasteiger partial charge in [-0.15, -0.1) is 0 Å². The quantitative estimate of drug-likeness (QED) is 0.915. The van der Waals surface area contributed by atoms with Gasteiger partial charge in [0.05, 0.1) is 30.0 Å². The lowest BCUT2D eigenvalue weighted by Crippen LogP contribution is -2.38. The summed E-state index contributed by atoms with van der Waals surface area (Å²) in [6.45, 7) is 10.3. The van der Waals surface area contributed by atoms with Gasteiger partial charge in [-0.3, -0.25) is 9.69 Å². The van der Waals surface area contributed by atoms with Crippen LogP contribution in [0.5, 0.6) is 0 Å². The molecule has 0 spiro atoms. The van der Waals surface area contributed by atoms with Crippen LogP contribution in [-0.4, -0.2) is 69.2 Å². The Labute approximate surface area is 149 Å². The summed E-state index contributed by atoms with van der Waals surface area (Å²) in [5.74, 6) is 0.137. The zero-order valence-electron chi connectivity index (χ0n) is 15.4. The van der Waals surface area contributed by atoms with E-state index in [1.165, 1.54) is 11.1 Å². The largest absolute Gasteiger partial charge is 0.390 e. The second kappa shape index (κ2) is 7.54. The van der Waals surface area contributed by atoms with Crippen LogP contribution in [0.2, 0.25) is 0 Å². The van der Waals surface area contributed by atoms with E-state index in [-0.39, 0.29) is 5.91 Å². The van der Waals surface area contributed by atoms with Crippen LogP contribution in [0.25, 0.3) is 11.0 Å². The van der Waals surface area contributed by atoms with E-state index in [0.29, 0.717) is 13.1 Å². The molecule has 2 heterocycles. The number of aryl methyl sites for hydroxylation is 2. The highest BCUT2D eigenvalue weighted by Gasteiger charge is 2.19.